The predicted octanol–water partition coefficient (Wildman–Crippen LogP) is 3.85. The molecular formula is C21H20BrFN6O. The van der Waals surface area contributed by atoms with Crippen LogP contribution < -0.4 is 10.2 Å². The molecule has 3 fully saturated rings. The zero-order valence-corrected chi connectivity index (χ0v) is 17.7. The van der Waals surface area contributed by atoms with Gasteiger partial charge in [0.2, 0.25) is 0 Å². The third kappa shape index (κ3) is 3.36. The summed E-state index contributed by atoms with van der Waals surface area (Å²) in [7, 11) is 0. The highest BCUT2D eigenvalue weighted by Crippen LogP contribution is 2.41. The zero-order valence-electron chi connectivity index (χ0n) is 16.1. The molecule has 0 spiro atoms. The first-order chi connectivity index (χ1) is 14.6. The number of piperidine rings is 2. The zero-order chi connectivity index (χ0) is 20.7. The molecule has 2 aromatic heterocycles. The van der Waals surface area contributed by atoms with E-state index in [1.54, 1.807) is 12.3 Å². The number of hydrogen-bond donors (Lipinski definition) is 1. The number of aromatic nitrogens is 4. The van der Waals surface area contributed by atoms with Crippen LogP contribution in [0.25, 0.3) is 5.69 Å². The number of nitrogens with zero attached hydrogens (tertiary/aromatic N) is 5. The molecule has 1 N–H and O–H groups in total. The van der Waals surface area contributed by atoms with E-state index in [1.807, 2.05) is 12.1 Å². The average molecular weight is 471 g/mol. The van der Waals surface area contributed by atoms with Crippen LogP contribution in [0.15, 0.2) is 47.3 Å². The number of pyridine rings is 1. The highest BCUT2D eigenvalue weighted by atomic mass is 79.9. The normalized spacial score (nSPS) is 22.9. The Morgan fingerprint density at radius 2 is 2.00 bits per heavy atom. The van der Waals surface area contributed by atoms with Crippen molar-refractivity contribution >= 4 is 33.7 Å². The Balaban J connectivity index is 1.50. The van der Waals surface area contributed by atoms with Gasteiger partial charge in [0.05, 0.1) is 23.6 Å². The number of rotatable bonds is 5. The van der Waals surface area contributed by atoms with Crippen molar-refractivity contribution in [3.63, 3.8) is 0 Å². The van der Waals surface area contributed by atoms with Gasteiger partial charge < -0.3 is 10.2 Å². The fourth-order valence-electron chi connectivity index (χ4n) is 4.75. The van der Waals surface area contributed by atoms with Crippen LogP contribution in [0.4, 0.5) is 15.9 Å². The van der Waals surface area contributed by atoms with Gasteiger partial charge in [-0.15, -0.1) is 4.80 Å². The Hall–Kier alpha value is -2.81. The van der Waals surface area contributed by atoms with Gasteiger partial charge in [0.25, 0.3) is 0 Å². The van der Waals surface area contributed by atoms with Crippen molar-refractivity contribution in [2.75, 3.05) is 16.8 Å². The van der Waals surface area contributed by atoms with Crippen molar-refractivity contribution in [1.29, 1.82) is 0 Å². The number of benzene rings is 1. The number of hydrogen-bond acceptors (Lipinski definition) is 6. The summed E-state index contributed by atoms with van der Waals surface area (Å²) in [5.74, 6) is 0.804. The maximum atomic E-state index is 14.6. The molecule has 30 heavy (non-hydrogen) atoms. The standard InChI is InChI=1S/C21H20BrFN6O/c22-14-2-6-20(24-10-14)27-17-9-13-1-4-19(17)28(11-13)18-5-3-16(23)21(15(18)12-30)29-25-7-8-26-29/h2-3,5-8,10,12-13,17,19H,1,4,9,11H2,(H,24,27)/t13-,17-,19+/m1/s1. The van der Waals surface area contributed by atoms with Gasteiger partial charge in [-0.05, 0) is 65.4 Å². The van der Waals surface area contributed by atoms with Gasteiger partial charge >= 0.3 is 0 Å². The van der Waals surface area contributed by atoms with E-state index >= 15 is 0 Å². The predicted molar refractivity (Wildman–Crippen MR) is 115 cm³/mol. The summed E-state index contributed by atoms with van der Waals surface area (Å²) < 4.78 is 15.6. The van der Waals surface area contributed by atoms with Gasteiger partial charge in [0.15, 0.2) is 12.1 Å². The molecule has 4 heterocycles. The summed E-state index contributed by atoms with van der Waals surface area (Å²) in [4.78, 5) is 19.9. The minimum atomic E-state index is -0.520. The quantitative estimate of drug-likeness (QED) is 0.570. The molecule has 0 radical (unpaired) electrons. The van der Waals surface area contributed by atoms with Gasteiger partial charge in [0.1, 0.15) is 11.5 Å². The molecule has 6 rings (SSSR count). The summed E-state index contributed by atoms with van der Waals surface area (Å²) in [6.45, 7) is 0.842. The lowest BCUT2D eigenvalue weighted by atomic mass is 9.76. The van der Waals surface area contributed by atoms with E-state index < -0.39 is 5.82 Å². The van der Waals surface area contributed by atoms with Crippen molar-refractivity contribution in [2.45, 2.75) is 31.3 Å². The smallest absolute Gasteiger partial charge is 0.154 e. The maximum absolute atomic E-state index is 14.6. The number of carbonyl (C=O) groups excluding carboxylic acids is 1. The molecule has 7 nitrogen and oxygen atoms in total. The van der Waals surface area contributed by atoms with Crippen LogP contribution in [-0.4, -0.2) is 44.9 Å². The molecule has 3 aromatic rings. The highest BCUT2D eigenvalue weighted by Gasteiger charge is 2.42. The summed E-state index contributed by atoms with van der Waals surface area (Å²) in [5.41, 5.74) is 1.09. The molecule has 154 valence electrons. The van der Waals surface area contributed by atoms with Gasteiger partial charge in [-0.1, -0.05) is 0 Å². The van der Waals surface area contributed by atoms with E-state index in [4.69, 9.17) is 0 Å². The highest BCUT2D eigenvalue weighted by molar-refractivity contribution is 9.10. The van der Waals surface area contributed by atoms with E-state index in [2.05, 4.69) is 41.3 Å². The molecule has 3 atom stereocenters. The van der Waals surface area contributed by atoms with Crippen LogP contribution in [-0.2, 0) is 0 Å². The minimum Gasteiger partial charge on any atom is -0.366 e. The number of fused-ring (bicyclic) bond motifs is 3. The molecule has 1 saturated carbocycles. The minimum absolute atomic E-state index is 0.0908. The molecule has 3 aliphatic rings. The Morgan fingerprint density at radius 3 is 2.70 bits per heavy atom. The lowest BCUT2D eigenvalue weighted by molar-refractivity contribution is 0.112. The number of anilines is 2. The second-order valence-corrected chi connectivity index (χ2v) is 8.69. The Labute approximate surface area is 181 Å². The molecule has 1 aliphatic carbocycles. The first kappa shape index (κ1) is 19.2. The van der Waals surface area contributed by atoms with Crippen LogP contribution >= 0.6 is 15.9 Å². The molecule has 9 heteroatoms. The van der Waals surface area contributed by atoms with Crippen LogP contribution in [0, 0.1) is 11.7 Å². The molecule has 2 saturated heterocycles. The molecule has 2 aliphatic heterocycles. The number of halogens is 2. The van der Waals surface area contributed by atoms with Crippen LogP contribution in [0.1, 0.15) is 29.6 Å². The number of carbonyl (C=O) groups is 1. The number of nitrogens with one attached hydrogen (secondary N) is 1. The molecule has 1 aromatic carbocycles. The summed E-state index contributed by atoms with van der Waals surface area (Å²) in [6, 6.07) is 7.38. The maximum Gasteiger partial charge on any atom is 0.154 e. The van der Waals surface area contributed by atoms with Crippen LogP contribution in [0.2, 0.25) is 0 Å². The van der Waals surface area contributed by atoms with Crippen molar-refractivity contribution in [2.24, 2.45) is 5.92 Å². The van der Waals surface area contributed by atoms with E-state index in [1.165, 1.54) is 23.3 Å². The Bertz CT molecular complexity index is 1060. The van der Waals surface area contributed by atoms with Crippen molar-refractivity contribution in [3.05, 3.63) is 58.7 Å². The topological polar surface area (TPSA) is 75.9 Å². The van der Waals surface area contributed by atoms with Gasteiger partial charge in [-0.2, -0.15) is 10.2 Å². The summed E-state index contributed by atoms with van der Waals surface area (Å²) >= 11 is 3.41. The van der Waals surface area contributed by atoms with E-state index in [0.29, 0.717) is 12.2 Å². The third-order valence-electron chi connectivity index (χ3n) is 6.03. The van der Waals surface area contributed by atoms with Gasteiger partial charge in [-0.3, -0.25) is 4.79 Å². The lowest BCUT2D eigenvalue weighted by Crippen LogP contribution is -2.58. The third-order valence-corrected chi connectivity index (χ3v) is 6.50. The monoisotopic (exact) mass is 470 g/mol. The molecule has 0 unspecified atom stereocenters. The van der Waals surface area contributed by atoms with Gasteiger partial charge in [0, 0.05) is 29.3 Å². The van der Waals surface area contributed by atoms with E-state index in [9.17, 15) is 9.18 Å². The fourth-order valence-corrected chi connectivity index (χ4v) is 4.98. The van der Waals surface area contributed by atoms with Crippen molar-refractivity contribution < 1.29 is 9.18 Å². The molecule has 2 bridgehead atoms. The summed E-state index contributed by atoms with van der Waals surface area (Å²) in [5, 5.41) is 11.6. The Morgan fingerprint density at radius 1 is 1.17 bits per heavy atom. The fraction of sp³-hybridized carbons (Fsp3) is 0.333. The Kier molecular flexibility index (Phi) is 4.98. The largest absolute Gasteiger partial charge is 0.366 e. The van der Waals surface area contributed by atoms with Crippen LogP contribution in [0.3, 0.4) is 0 Å². The van der Waals surface area contributed by atoms with E-state index in [-0.39, 0.29) is 23.3 Å². The first-order valence-electron chi connectivity index (χ1n) is 9.93. The first-order valence-corrected chi connectivity index (χ1v) is 10.7. The SMILES string of the molecule is O=Cc1c(N2C[C@@H]3CC[C@H]2[C@H](Nc2ccc(Br)cn2)C3)ccc(F)c1-n1nccn1. The van der Waals surface area contributed by atoms with Crippen molar-refractivity contribution in [1.82, 2.24) is 20.0 Å². The van der Waals surface area contributed by atoms with Crippen LogP contribution in [0.5, 0.6) is 0 Å². The van der Waals surface area contributed by atoms with E-state index in [0.717, 1.165) is 41.8 Å². The molecular weight excluding hydrogens is 451 g/mol. The van der Waals surface area contributed by atoms with Gasteiger partial charge in [-0.25, -0.2) is 9.37 Å². The second kappa shape index (κ2) is 7.79. The summed E-state index contributed by atoms with van der Waals surface area (Å²) in [6.07, 6.45) is 8.61. The lowest BCUT2D eigenvalue weighted by Gasteiger charge is -2.51. The molecule has 0 amide bonds. The van der Waals surface area contributed by atoms with Crippen molar-refractivity contribution in [3.8, 4) is 5.69 Å². The number of aldehydes is 1. The average Bonchev–Trinajstić information content (AvgIpc) is 3.29. The second-order valence-electron chi connectivity index (χ2n) is 7.78.